The average molecular weight is 518 g/mol. The molecule has 0 saturated heterocycles. The Kier molecular flexibility index (Phi) is 16.4. The molecule has 0 heterocycles. The number of carbonyl (C=O) groups is 6. The molecule has 4 unspecified atom stereocenters. The highest BCUT2D eigenvalue weighted by Crippen LogP contribution is 2.07. The Morgan fingerprint density at radius 3 is 1.61 bits per heavy atom. The van der Waals surface area contributed by atoms with E-state index in [-0.39, 0.29) is 25.7 Å². The van der Waals surface area contributed by atoms with E-state index in [1.807, 2.05) is 0 Å². The number of carbonyl (C=O) groups excluding carboxylic acids is 4. The first-order valence-electron chi connectivity index (χ1n) is 11.7. The minimum absolute atomic E-state index is 0.0930. The average Bonchev–Trinajstić information content (AvgIpc) is 2.80. The Bertz CT molecular complexity index is 765. The third kappa shape index (κ3) is 14.2. The van der Waals surface area contributed by atoms with Crippen LogP contribution in [0.4, 0.5) is 0 Å². The first kappa shape index (κ1) is 32.7. The molecule has 0 radical (unpaired) electrons. The molecule has 4 atom stereocenters. The van der Waals surface area contributed by atoms with Crippen molar-refractivity contribution >= 4 is 35.6 Å². The minimum atomic E-state index is -1.58. The number of hydrogen-bond donors (Lipinski definition) is 9. The summed E-state index contributed by atoms with van der Waals surface area (Å²) in [6.45, 7) is 0.681. The van der Waals surface area contributed by atoms with Gasteiger partial charge in [0, 0.05) is 6.42 Å². The number of nitrogens with two attached hydrogens (primary N) is 4. The first-order chi connectivity index (χ1) is 16.9. The molecule has 0 aromatic heterocycles. The van der Waals surface area contributed by atoms with E-state index in [1.54, 1.807) is 0 Å². The van der Waals surface area contributed by atoms with Crippen molar-refractivity contribution in [3.63, 3.8) is 0 Å². The number of primary amides is 1. The third-order valence-corrected chi connectivity index (χ3v) is 5.19. The number of rotatable bonds is 20. The normalized spacial score (nSPS) is 14.1. The number of unbranched alkanes of at least 4 members (excludes halogenated alkanes) is 2. The fourth-order valence-corrected chi connectivity index (χ4v) is 3.15. The monoisotopic (exact) mass is 517 g/mol. The summed E-state index contributed by atoms with van der Waals surface area (Å²) in [5.74, 6) is -5.99. The number of carboxylic acids is 2. The van der Waals surface area contributed by atoms with Gasteiger partial charge in [0.15, 0.2) is 0 Å². The molecule has 0 aromatic carbocycles. The zero-order chi connectivity index (χ0) is 27.7. The fourth-order valence-electron chi connectivity index (χ4n) is 3.15. The van der Waals surface area contributed by atoms with Crippen LogP contribution >= 0.6 is 0 Å². The molecule has 0 spiro atoms. The number of aliphatic carboxylic acids is 2. The highest BCUT2D eigenvalue weighted by molar-refractivity contribution is 5.95. The molecular formula is C21H39N7O8. The summed E-state index contributed by atoms with van der Waals surface area (Å²) in [6.07, 6.45) is 1.05. The summed E-state index contributed by atoms with van der Waals surface area (Å²) >= 11 is 0. The van der Waals surface area contributed by atoms with Gasteiger partial charge < -0.3 is 49.1 Å². The van der Waals surface area contributed by atoms with Crippen LogP contribution in [0.5, 0.6) is 0 Å². The van der Waals surface area contributed by atoms with E-state index in [9.17, 15) is 33.9 Å². The lowest BCUT2D eigenvalue weighted by Crippen LogP contribution is -2.57. The highest BCUT2D eigenvalue weighted by Gasteiger charge is 2.31. The summed E-state index contributed by atoms with van der Waals surface area (Å²) in [7, 11) is 0. The molecule has 4 amide bonds. The summed E-state index contributed by atoms with van der Waals surface area (Å²) in [5.41, 5.74) is 21.6. The van der Waals surface area contributed by atoms with E-state index in [0.717, 1.165) is 0 Å². The molecule has 36 heavy (non-hydrogen) atoms. The summed E-state index contributed by atoms with van der Waals surface area (Å²) in [5, 5.41) is 25.6. The lowest BCUT2D eigenvalue weighted by atomic mass is 10.0. The predicted octanol–water partition coefficient (Wildman–Crippen LogP) is -3.15. The van der Waals surface area contributed by atoms with E-state index in [2.05, 4.69) is 16.0 Å². The molecular weight excluding hydrogens is 478 g/mol. The van der Waals surface area contributed by atoms with Gasteiger partial charge in [0.25, 0.3) is 0 Å². The Labute approximate surface area is 209 Å². The van der Waals surface area contributed by atoms with Gasteiger partial charge in [-0.2, -0.15) is 0 Å². The van der Waals surface area contributed by atoms with Gasteiger partial charge in [-0.05, 0) is 58.0 Å². The van der Waals surface area contributed by atoms with E-state index in [0.29, 0.717) is 38.8 Å². The summed E-state index contributed by atoms with van der Waals surface area (Å²) < 4.78 is 0. The van der Waals surface area contributed by atoms with Crippen LogP contribution in [-0.2, 0) is 28.8 Å². The van der Waals surface area contributed by atoms with Crippen molar-refractivity contribution in [2.75, 3.05) is 13.1 Å². The number of amides is 4. The van der Waals surface area contributed by atoms with Crippen molar-refractivity contribution in [2.24, 2.45) is 22.9 Å². The highest BCUT2D eigenvalue weighted by atomic mass is 16.4. The first-order valence-corrected chi connectivity index (χ1v) is 11.7. The maximum Gasteiger partial charge on any atom is 0.326 e. The van der Waals surface area contributed by atoms with Crippen molar-refractivity contribution in [1.29, 1.82) is 0 Å². The standard InChI is InChI=1S/C21H39N7O8/c22-9-3-1-5-13(19(33)27-14(21(35)36)6-2-4-10-23)26-20(34)15(11-17(30)31)28-18(32)12(24)7-8-16(25)29/h12-15H,1-11,22-24H2,(H2,25,29)(H,26,34)(H,27,33)(H,28,32)(H,30,31)(H,35,36). The molecule has 13 N–H and O–H groups in total. The van der Waals surface area contributed by atoms with Crippen molar-refractivity contribution in [2.45, 2.75) is 82.0 Å². The summed E-state index contributed by atoms with van der Waals surface area (Å²) in [4.78, 5) is 71.7. The van der Waals surface area contributed by atoms with Crippen LogP contribution in [0.15, 0.2) is 0 Å². The zero-order valence-corrected chi connectivity index (χ0v) is 20.2. The van der Waals surface area contributed by atoms with Gasteiger partial charge >= 0.3 is 11.9 Å². The summed E-state index contributed by atoms with van der Waals surface area (Å²) in [6, 6.07) is -5.23. The van der Waals surface area contributed by atoms with Crippen LogP contribution in [-0.4, -0.2) is 83.0 Å². The van der Waals surface area contributed by atoms with Gasteiger partial charge in [0.05, 0.1) is 12.5 Å². The minimum Gasteiger partial charge on any atom is -0.481 e. The molecule has 0 aliphatic heterocycles. The molecule has 15 nitrogen and oxygen atoms in total. The zero-order valence-electron chi connectivity index (χ0n) is 20.2. The molecule has 0 bridgehead atoms. The van der Waals surface area contributed by atoms with Crippen LogP contribution in [0.25, 0.3) is 0 Å². The van der Waals surface area contributed by atoms with Crippen LogP contribution in [0.2, 0.25) is 0 Å². The third-order valence-electron chi connectivity index (χ3n) is 5.19. The molecule has 15 heteroatoms. The number of nitrogens with one attached hydrogen (secondary N) is 3. The molecule has 0 aromatic rings. The quantitative estimate of drug-likeness (QED) is 0.0726. The van der Waals surface area contributed by atoms with E-state index in [1.165, 1.54) is 0 Å². The van der Waals surface area contributed by atoms with Gasteiger partial charge in [-0.15, -0.1) is 0 Å². The second-order valence-electron chi connectivity index (χ2n) is 8.30. The Balaban J connectivity index is 5.48. The number of carboxylic acid groups (broad SMARTS) is 2. The molecule has 0 fully saturated rings. The molecule has 0 aliphatic carbocycles. The van der Waals surface area contributed by atoms with Crippen molar-refractivity contribution in [1.82, 2.24) is 16.0 Å². The maximum atomic E-state index is 12.8. The topological polar surface area (TPSA) is 283 Å². The molecule has 0 aliphatic rings. The van der Waals surface area contributed by atoms with Crippen LogP contribution in [0.1, 0.15) is 57.8 Å². The largest absolute Gasteiger partial charge is 0.481 e. The van der Waals surface area contributed by atoms with E-state index >= 15 is 0 Å². The van der Waals surface area contributed by atoms with Crippen molar-refractivity contribution in [3.05, 3.63) is 0 Å². The van der Waals surface area contributed by atoms with Gasteiger partial charge in [0.1, 0.15) is 18.1 Å². The maximum absolute atomic E-state index is 12.8. The molecule has 0 saturated carbocycles. The second kappa shape index (κ2) is 18.0. The molecule has 206 valence electrons. The second-order valence-corrected chi connectivity index (χ2v) is 8.30. The lowest BCUT2D eigenvalue weighted by Gasteiger charge is -2.24. The van der Waals surface area contributed by atoms with Crippen LogP contribution in [0, 0.1) is 0 Å². The number of hydrogen-bond acceptors (Lipinski definition) is 9. The van der Waals surface area contributed by atoms with Gasteiger partial charge in [-0.1, -0.05) is 0 Å². The van der Waals surface area contributed by atoms with E-state index in [4.69, 9.17) is 28.0 Å². The Morgan fingerprint density at radius 1 is 0.667 bits per heavy atom. The van der Waals surface area contributed by atoms with Gasteiger partial charge in [0.2, 0.25) is 23.6 Å². The van der Waals surface area contributed by atoms with Crippen molar-refractivity contribution in [3.8, 4) is 0 Å². The van der Waals surface area contributed by atoms with Crippen LogP contribution < -0.4 is 38.9 Å². The Morgan fingerprint density at radius 2 is 1.14 bits per heavy atom. The predicted molar refractivity (Wildman–Crippen MR) is 128 cm³/mol. The van der Waals surface area contributed by atoms with Crippen LogP contribution in [0.3, 0.4) is 0 Å². The van der Waals surface area contributed by atoms with E-state index < -0.39 is 66.2 Å². The fraction of sp³-hybridized carbons (Fsp3) is 0.714. The lowest BCUT2D eigenvalue weighted by molar-refractivity contribution is -0.143. The van der Waals surface area contributed by atoms with Gasteiger partial charge in [-0.3, -0.25) is 24.0 Å². The van der Waals surface area contributed by atoms with Gasteiger partial charge in [-0.25, -0.2) is 4.79 Å². The smallest absolute Gasteiger partial charge is 0.326 e. The Hall–Kier alpha value is -3.30. The SMILES string of the molecule is NCCCCC(NC(=O)C(CCCCN)NC(=O)C(CC(=O)O)NC(=O)C(N)CCC(N)=O)C(=O)O. The molecule has 0 rings (SSSR count). The van der Waals surface area contributed by atoms with Crippen molar-refractivity contribution < 1.29 is 39.0 Å².